The topological polar surface area (TPSA) is 65.5 Å². The zero-order valence-electron chi connectivity index (χ0n) is 13.3. The Morgan fingerprint density at radius 1 is 1.29 bits per heavy atom. The zero-order valence-corrected chi connectivity index (χ0v) is 14.1. The van der Waals surface area contributed by atoms with Gasteiger partial charge in [0.05, 0.1) is 5.69 Å². The minimum Gasteiger partial charge on any atom is -0.466 e. The molecule has 2 heterocycles. The van der Waals surface area contributed by atoms with E-state index in [1.807, 2.05) is 47.6 Å². The van der Waals surface area contributed by atoms with Gasteiger partial charge in [-0.25, -0.2) is 4.79 Å². The Kier molecular flexibility index (Phi) is 3.89. The van der Waals surface area contributed by atoms with Crippen LogP contribution in [-0.2, 0) is 4.74 Å². The highest BCUT2D eigenvalue weighted by Gasteiger charge is 2.25. The lowest BCUT2D eigenvalue weighted by atomic mass is 10.1. The molecule has 0 aromatic carbocycles. The van der Waals surface area contributed by atoms with Crippen molar-refractivity contribution in [2.45, 2.75) is 47.1 Å². The Hall–Kier alpha value is -1.75. The molecule has 2 rings (SSSR count). The van der Waals surface area contributed by atoms with Crippen LogP contribution in [0.1, 0.15) is 47.5 Å². The highest BCUT2D eigenvalue weighted by molar-refractivity contribution is 7.18. The van der Waals surface area contributed by atoms with Crippen LogP contribution in [0.3, 0.4) is 0 Å². The number of hydrogen-bond acceptors (Lipinski definition) is 5. The largest absolute Gasteiger partial charge is 0.466 e. The number of esters is 1. The third-order valence-electron chi connectivity index (χ3n) is 3.06. The van der Waals surface area contributed by atoms with Gasteiger partial charge in [-0.1, -0.05) is 0 Å². The van der Waals surface area contributed by atoms with E-state index in [-0.39, 0.29) is 5.97 Å². The van der Waals surface area contributed by atoms with Gasteiger partial charge < -0.3 is 14.9 Å². The maximum Gasteiger partial charge on any atom is 0.351 e. The van der Waals surface area contributed by atoms with Crippen molar-refractivity contribution in [3.05, 3.63) is 28.0 Å². The summed E-state index contributed by atoms with van der Waals surface area (Å²) in [6.45, 7) is 11.2. The molecule has 0 aliphatic rings. The molecule has 0 aliphatic carbocycles. The number of rotatable bonds is 2. The molecule has 2 N–H and O–H groups in total. The first kappa shape index (κ1) is 15.6. The van der Waals surface area contributed by atoms with Gasteiger partial charge in [0.15, 0.2) is 0 Å². The molecule has 0 amide bonds. The number of ether oxygens (including phenoxy) is 1. The van der Waals surface area contributed by atoms with Crippen LogP contribution in [0.5, 0.6) is 0 Å². The predicted octanol–water partition coefficient (Wildman–Crippen LogP) is 4.47. The van der Waals surface area contributed by atoms with Crippen molar-refractivity contribution in [2.75, 3.05) is 5.73 Å². The van der Waals surface area contributed by atoms with Crippen LogP contribution in [0, 0.1) is 20.8 Å². The van der Waals surface area contributed by atoms with Crippen LogP contribution < -0.4 is 5.73 Å². The fourth-order valence-electron chi connectivity index (χ4n) is 2.12. The van der Waals surface area contributed by atoms with Gasteiger partial charge in [0.25, 0.3) is 0 Å². The molecule has 0 atom stereocenters. The first-order chi connectivity index (χ1) is 9.60. The number of thiophene rings is 1. The summed E-state index contributed by atoms with van der Waals surface area (Å²) in [5, 5.41) is 0. The third kappa shape index (κ3) is 3.13. The molecule has 114 valence electrons. The minimum atomic E-state index is -0.538. The van der Waals surface area contributed by atoms with E-state index in [2.05, 4.69) is 0 Å². The molecular weight excluding hydrogens is 286 g/mol. The maximum absolute atomic E-state index is 12.3. The van der Waals surface area contributed by atoms with E-state index in [1.54, 1.807) is 0 Å². The molecule has 0 saturated heterocycles. The number of aryl methyl sites for hydroxylation is 2. The molecular formula is C16H21NO3S. The second kappa shape index (κ2) is 5.22. The first-order valence-electron chi connectivity index (χ1n) is 6.79. The van der Waals surface area contributed by atoms with E-state index in [4.69, 9.17) is 14.9 Å². The number of furan rings is 1. The van der Waals surface area contributed by atoms with Crippen molar-refractivity contribution in [3.8, 4) is 10.4 Å². The SMILES string of the molecule is Cc1cc(-c2sc(C(=O)OC(C)(C)C)c(N)c2C)c(C)o1. The van der Waals surface area contributed by atoms with Crippen molar-refractivity contribution >= 4 is 23.0 Å². The number of nitrogens with two attached hydrogens (primary N) is 1. The summed E-state index contributed by atoms with van der Waals surface area (Å²) >= 11 is 1.36. The van der Waals surface area contributed by atoms with Gasteiger partial charge in [0, 0.05) is 10.4 Å². The van der Waals surface area contributed by atoms with Crippen LogP contribution in [0.2, 0.25) is 0 Å². The monoisotopic (exact) mass is 307 g/mol. The van der Waals surface area contributed by atoms with Gasteiger partial charge in [0.1, 0.15) is 22.0 Å². The van der Waals surface area contributed by atoms with Crippen molar-refractivity contribution in [1.82, 2.24) is 0 Å². The van der Waals surface area contributed by atoms with Gasteiger partial charge in [-0.2, -0.15) is 0 Å². The van der Waals surface area contributed by atoms with E-state index in [0.717, 1.165) is 27.5 Å². The fourth-order valence-corrected chi connectivity index (χ4v) is 3.28. The molecule has 0 saturated carbocycles. The molecule has 5 heteroatoms. The van der Waals surface area contributed by atoms with Crippen LogP contribution in [-0.4, -0.2) is 11.6 Å². The van der Waals surface area contributed by atoms with E-state index >= 15 is 0 Å². The molecule has 0 unspecified atom stereocenters. The minimum absolute atomic E-state index is 0.378. The van der Waals surface area contributed by atoms with Crippen LogP contribution in [0.15, 0.2) is 10.5 Å². The highest BCUT2D eigenvalue weighted by atomic mass is 32.1. The zero-order chi connectivity index (χ0) is 15.9. The lowest BCUT2D eigenvalue weighted by Gasteiger charge is -2.19. The lowest BCUT2D eigenvalue weighted by Crippen LogP contribution is -2.23. The Morgan fingerprint density at radius 2 is 1.90 bits per heavy atom. The average Bonchev–Trinajstić information content (AvgIpc) is 2.79. The number of nitrogen functional groups attached to an aromatic ring is 1. The molecule has 21 heavy (non-hydrogen) atoms. The van der Waals surface area contributed by atoms with Gasteiger partial charge in [-0.3, -0.25) is 0 Å². The normalized spacial score (nSPS) is 11.7. The number of carbonyl (C=O) groups excluding carboxylic acids is 1. The number of anilines is 1. The van der Waals surface area contributed by atoms with E-state index < -0.39 is 5.60 Å². The predicted molar refractivity (Wildman–Crippen MR) is 85.8 cm³/mol. The smallest absolute Gasteiger partial charge is 0.351 e. The summed E-state index contributed by atoms with van der Waals surface area (Å²) in [6.07, 6.45) is 0. The molecule has 0 bridgehead atoms. The van der Waals surface area contributed by atoms with Crippen LogP contribution in [0.4, 0.5) is 5.69 Å². The number of carbonyl (C=O) groups is 1. The van der Waals surface area contributed by atoms with Gasteiger partial charge >= 0.3 is 5.97 Å². The summed E-state index contributed by atoms with van der Waals surface area (Å²) in [4.78, 5) is 13.7. The molecule has 0 aliphatic heterocycles. The summed E-state index contributed by atoms with van der Waals surface area (Å²) < 4.78 is 11.0. The maximum atomic E-state index is 12.3. The average molecular weight is 307 g/mol. The molecule has 0 fully saturated rings. The first-order valence-corrected chi connectivity index (χ1v) is 7.61. The second-order valence-corrected chi connectivity index (χ2v) is 7.15. The van der Waals surface area contributed by atoms with E-state index in [9.17, 15) is 4.79 Å². The molecule has 2 aromatic heterocycles. The molecule has 0 spiro atoms. The summed E-state index contributed by atoms with van der Waals surface area (Å²) in [6, 6.07) is 1.96. The van der Waals surface area contributed by atoms with Gasteiger partial charge in [-0.05, 0) is 53.2 Å². The third-order valence-corrected chi connectivity index (χ3v) is 4.38. The Labute approximate surface area is 128 Å². The van der Waals surface area contributed by atoms with Crippen LogP contribution >= 0.6 is 11.3 Å². The molecule has 0 radical (unpaired) electrons. The highest BCUT2D eigenvalue weighted by Crippen LogP contribution is 2.41. The van der Waals surface area contributed by atoms with E-state index in [0.29, 0.717) is 10.6 Å². The fraction of sp³-hybridized carbons (Fsp3) is 0.438. The van der Waals surface area contributed by atoms with Gasteiger partial charge in [0.2, 0.25) is 0 Å². The summed E-state index contributed by atoms with van der Waals surface area (Å²) in [5.41, 5.74) is 7.92. The Balaban J connectivity index is 2.46. The molecule has 4 nitrogen and oxygen atoms in total. The van der Waals surface area contributed by atoms with Crippen molar-refractivity contribution in [3.63, 3.8) is 0 Å². The quantitative estimate of drug-likeness (QED) is 0.831. The second-order valence-electron chi connectivity index (χ2n) is 6.13. The van der Waals surface area contributed by atoms with Crippen molar-refractivity contribution in [1.29, 1.82) is 0 Å². The van der Waals surface area contributed by atoms with Crippen LogP contribution in [0.25, 0.3) is 10.4 Å². The summed E-state index contributed by atoms with van der Waals surface area (Å²) in [5.74, 6) is 1.29. The van der Waals surface area contributed by atoms with Crippen molar-refractivity contribution < 1.29 is 13.9 Å². The summed E-state index contributed by atoms with van der Waals surface area (Å²) in [7, 11) is 0. The molecule has 2 aromatic rings. The Bertz CT molecular complexity index is 689. The van der Waals surface area contributed by atoms with E-state index in [1.165, 1.54) is 11.3 Å². The van der Waals surface area contributed by atoms with Crippen molar-refractivity contribution in [2.24, 2.45) is 0 Å². The Morgan fingerprint density at radius 3 is 2.38 bits per heavy atom. The standard InChI is InChI=1S/C16H21NO3S/c1-8-7-11(10(3)19-8)13-9(2)12(17)14(21-13)15(18)20-16(4,5)6/h7H,17H2,1-6H3. The van der Waals surface area contributed by atoms with Gasteiger partial charge in [-0.15, -0.1) is 11.3 Å². The number of hydrogen-bond donors (Lipinski definition) is 1. The lowest BCUT2D eigenvalue weighted by molar-refractivity contribution is 0.00763.